The zero-order valence-corrected chi connectivity index (χ0v) is 12.4. The van der Waals surface area contributed by atoms with Gasteiger partial charge in [-0.2, -0.15) is 16.9 Å². The smallest absolute Gasteiger partial charge is 0.0522 e. The number of thioether (sulfide) groups is 1. The Bertz CT molecular complexity index is 345. The van der Waals surface area contributed by atoms with Crippen LogP contribution in [0.3, 0.4) is 0 Å². The zero-order valence-electron chi connectivity index (χ0n) is 11.6. The summed E-state index contributed by atoms with van der Waals surface area (Å²) in [5.41, 5.74) is 1.35. The third-order valence-corrected chi connectivity index (χ3v) is 5.27. The normalized spacial score (nSPS) is 18.3. The molecule has 0 aromatic carbocycles. The minimum absolute atomic E-state index is 0.574. The highest BCUT2D eigenvalue weighted by molar-refractivity contribution is 7.99. The number of likely N-dealkylation sites (N-methyl/N-ethyl adjacent to an activating group) is 1. The molecule has 1 aromatic rings. The van der Waals surface area contributed by atoms with Gasteiger partial charge in [0, 0.05) is 29.8 Å². The number of hydrogen-bond donors (Lipinski definition) is 1. The average molecular weight is 267 g/mol. The molecule has 1 aromatic heterocycles. The number of nitrogens with zero attached hydrogens (tertiary/aromatic N) is 2. The van der Waals surface area contributed by atoms with Crippen LogP contribution < -0.4 is 5.32 Å². The van der Waals surface area contributed by atoms with Crippen molar-refractivity contribution in [2.75, 3.05) is 12.8 Å². The van der Waals surface area contributed by atoms with Gasteiger partial charge in [0.15, 0.2) is 0 Å². The molecule has 18 heavy (non-hydrogen) atoms. The van der Waals surface area contributed by atoms with Gasteiger partial charge in [-0.05, 0) is 38.8 Å². The Kier molecular flexibility index (Phi) is 5.57. The van der Waals surface area contributed by atoms with Crippen molar-refractivity contribution in [3.05, 3.63) is 18.0 Å². The van der Waals surface area contributed by atoms with Crippen LogP contribution in [0.25, 0.3) is 0 Å². The Balaban J connectivity index is 1.77. The lowest BCUT2D eigenvalue weighted by atomic mass is 10.1. The van der Waals surface area contributed by atoms with E-state index >= 15 is 0 Å². The number of rotatable bonds is 7. The van der Waals surface area contributed by atoms with Crippen LogP contribution in [-0.4, -0.2) is 33.9 Å². The van der Waals surface area contributed by atoms with Crippen molar-refractivity contribution in [2.45, 2.75) is 56.9 Å². The molecule has 1 unspecified atom stereocenters. The molecule has 0 bridgehead atoms. The Morgan fingerprint density at radius 1 is 1.50 bits per heavy atom. The predicted octanol–water partition coefficient (Wildman–Crippen LogP) is 2.71. The summed E-state index contributed by atoms with van der Waals surface area (Å²) in [7, 11) is 2.07. The maximum absolute atomic E-state index is 4.34. The molecule has 0 amide bonds. The minimum Gasteiger partial charge on any atom is -0.316 e. The van der Waals surface area contributed by atoms with Crippen LogP contribution in [-0.2, 0) is 13.0 Å². The topological polar surface area (TPSA) is 29.9 Å². The molecule has 102 valence electrons. The first-order valence-corrected chi connectivity index (χ1v) is 8.17. The first kappa shape index (κ1) is 13.9. The van der Waals surface area contributed by atoms with E-state index in [9.17, 15) is 0 Å². The predicted molar refractivity (Wildman–Crippen MR) is 79.2 cm³/mol. The number of aryl methyl sites for hydroxylation is 1. The van der Waals surface area contributed by atoms with E-state index < -0.39 is 0 Å². The van der Waals surface area contributed by atoms with Gasteiger partial charge in [-0.1, -0.05) is 12.8 Å². The van der Waals surface area contributed by atoms with E-state index in [4.69, 9.17) is 0 Å². The molecule has 1 heterocycles. The molecule has 0 aliphatic heterocycles. The monoisotopic (exact) mass is 267 g/mol. The minimum atomic E-state index is 0.574. The first-order chi connectivity index (χ1) is 8.81. The second-order valence-corrected chi connectivity index (χ2v) is 6.47. The van der Waals surface area contributed by atoms with Gasteiger partial charge in [0.1, 0.15) is 0 Å². The van der Waals surface area contributed by atoms with Crippen molar-refractivity contribution in [1.29, 1.82) is 0 Å². The zero-order chi connectivity index (χ0) is 12.8. The van der Waals surface area contributed by atoms with Crippen LogP contribution in [0.15, 0.2) is 12.4 Å². The van der Waals surface area contributed by atoms with Gasteiger partial charge in [-0.25, -0.2) is 0 Å². The van der Waals surface area contributed by atoms with Crippen LogP contribution in [0.1, 0.15) is 38.2 Å². The van der Waals surface area contributed by atoms with Gasteiger partial charge in [0.2, 0.25) is 0 Å². The molecule has 0 saturated heterocycles. The van der Waals surface area contributed by atoms with Crippen molar-refractivity contribution < 1.29 is 0 Å². The summed E-state index contributed by atoms with van der Waals surface area (Å²) in [6.07, 6.45) is 11.0. The quantitative estimate of drug-likeness (QED) is 0.824. The maximum atomic E-state index is 4.34. The van der Waals surface area contributed by atoms with Crippen LogP contribution >= 0.6 is 11.8 Å². The lowest BCUT2D eigenvalue weighted by Gasteiger charge is -2.17. The standard InChI is InChI=1S/C14H25N3S/c1-3-17-10-12(9-16-17)8-13(15-2)11-18-14-6-4-5-7-14/h9-10,13-15H,3-8,11H2,1-2H3. The highest BCUT2D eigenvalue weighted by Crippen LogP contribution is 2.29. The van der Waals surface area contributed by atoms with E-state index in [0.717, 1.165) is 18.2 Å². The molecule has 1 N–H and O–H groups in total. The van der Waals surface area contributed by atoms with Gasteiger partial charge in [0.25, 0.3) is 0 Å². The van der Waals surface area contributed by atoms with E-state index in [0.29, 0.717) is 6.04 Å². The Labute approximate surface area is 115 Å². The summed E-state index contributed by atoms with van der Waals surface area (Å²) in [5.74, 6) is 1.22. The number of nitrogens with one attached hydrogen (secondary N) is 1. The lowest BCUT2D eigenvalue weighted by Crippen LogP contribution is -2.30. The third kappa shape index (κ3) is 4.02. The molecular weight excluding hydrogens is 242 g/mol. The third-order valence-electron chi connectivity index (χ3n) is 3.74. The Morgan fingerprint density at radius 2 is 2.28 bits per heavy atom. The van der Waals surface area contributed by atoms with Gasteiger partial charge in [0.05, 0.1) is 6.20 Å². The molecule has 2 rings (SSSR count). The molecule has 1 saturated carbocycles. The molecule has 1 aliphatic rings. The van der Waals surface area contributed by atoms with Crippen molar-refractivity contribution in [2.24, 2.45) is 0 Å². The summed E-state index contributed by atoms with van der Waals surface area (Å²) in [4.78, 5) is 0. The Morgan fingerprint density at radius 3 is 2.89 bits per heavy atom. The summed E-state index contributed by atoms with van der Waals surface area (Å²) in [6, 6.07) is 0.574. The van der Waals surface area contributed by atoms with E-state index in [1.54, 1.807) is 0 Å². The van der Waals surface area contributed by atoms with E-state index in [2.05, 4.69) is 42.3 Å². The second kappa shape index (κ2) is 7.19. The Hall–Kier alpha value is -0.480. The fourth-order valence-corrected chi connectivity index (χ4v) is 3.98. The SMILES string of the molecule is CCn1cc(CC(CSC2CCCC2)NC)cn1. The number of aromatic nitrogens is 2. The van der Waals surface area contributed by atoms with Crippen molar-refractivity contribution in [3.8, 4) is 0 Å². The molecule has 0 radical (unpaired) electrons. The molecule has 3 nitrogen and oxygen atoms in total. The van der Waals surface area contributed by atoms with E-state index in [1.807, 2.05) is 10.9 Å². The molecule has 1 atom stereocenters. The van der Waals surface area contributed by atoms with Gasteiger partial charge >= 0.3 is 0 Å². The summed E-state index contributed by atoms with van der Waals surface area (Å²) >= 11 is 2.16. The van der Waals surface area contributed by atoms with Gasteiger partial charge in [-0.15, -0.1) is 0 Å². The van der Waals surface area contributed by atoms with E-state index in [-0.39, 0.29) is 0 Å². The van der Waals surface area contributed by atoms with Crippen LogP contribution in [0.2, 0.25) is 0 Å². The number of hydrogen-bond acceptors (Lipinski definition) is 3. The maximum Gasteiger partial charge on any atom is 0.0522 e. The first-order valence-electron chi connectivity index (χ1n) is 7.12. The largest absolute Gasteiger partial charge is 0.316 e. The van der Waals surface area contributed by atoms with Gasteiger partial charge < -0.3 is 5.32 Å². The highest BCUT2D eigenvalue weighted by Gasteiger charge is 2.17. The lowest BCUT2D eigenvalue weighted by molar-refractivity contribution is 0.613. The van der Waals surface area contributed by atoms with Crippen LogP contribution in [0, 0.1) is 0 Å². The molecule has 1 aliphatic carbocycles. The van der Waals surface area contributed by atoms with Crippen LogP contribution in [0.4, 0.5) is 0 Å². The van der Waals surface area contributed by atoms with Gasteiger partial charge in [-0.3, -0.25) is 4.68 Å². The van der Waals surface area contributed by atoms with Crippen molar-refractivity contribution in [1.82, 2.24) is 15.1 Å². The fraction of sp³-hybridized carbons (Fsp3) is 0.786. The molecule has 4 heteroatoms. The summed E-state index contributed by atoms with van der Waals surface area (Å²) in [6.45, 7) is 3.09. The summed E-state index contributed by atoms with van der Waals surface area (Å²) in [5, 5.41) is 8.70. The molecule has 1 fully saturated rings. The average Bonchev–Trinajstić information content (AvgIpc) is 3.05. The van der Waals surface area contributed by atoms with Crippen LogP contribution in [0.5, 0.6) is 0 Å². The molecular formula is C14H25N3S. The van der Waals surface area contributed by atoms with E-state index in [1.165, 1.54) is 37.0 Å². The molecule has 0 spiro atoms. The highest BCUT2D eigenvalue weighted by atomic mass is 32.2. The fourth-order valence-electron chi connectivity index (χ4n) is 2.52. The summed E-state index contributed by atoms with van der Waals surface area (Å²) < 4.78 is 2.01. The van der Waals surface area contributed by atoms with Crippen molar-refractivity contribution >= 4 is 11.8 Å². The van der Waals surface area contributed by atoms with Crippen molar-refractivity contribution in [3.63, 3.8) is 0 Å². The second-order valence-electron chi connectivity index (χ2n) is 5.13.